The number of rotatable bonds is 3. The Morgan fingerprint density at radius 3 is 2.16 bits per heavy atom. The lowest BCUT2D eigenvalue weighted by molar-refractivity contribution is 0.108. The van der Waals surface area contributed by atoms with E-state index in [0.717, 1.165) is 32.5 Å². The van der Waals surface area contributed by atoms with Crippen LogP contribution in [0.3, 0.4) is 0 Å². The second kappa shape index (κ2) is 5.64. The van der Waals surface area contributed by atoms with E-state index in [0.29, 0.717) is 0 Å². The van der Waals surface area contributed by atoms with Gasteiger partial charge in [-0.1, -0.05) is 45.0 Å². The van der Waals surface area contributed by atoms with E-state index in [-0.39, 0.29) is 10.8 Å². The summed E-state index contributed by atoms with van der Waals surface area (Å²) in [6, 6.07) is 9.19. The fraction of sp³-hybridized carbons (Fsp3) is 0.647. The van der Waals surface area contributed by atoms with Gasteiger partial charge < -0.3 is 10.1 Å². The number of piperidine rings is 1. The fourth-order valence-electron chi connectivity index (χ4n) is 3.02. The van der Waals surface area contributed by atoms with Gasteiger partial charge in [0.2, 0.25) is 0 Å². The first-order valence-corrected chi connectivity index (χ1v) is 7.29. The molecule has 1 saturated heterocycles. The third-order valence-corrected chi connectivity index (χ3v) is 4.34. The van der Waals surface area contributed by atoms with E-state index in [2.05, 4.69) is 50.4 Å². The zero-order chi connectivity index (χ0) is 13.9. The SMILES string of the molecule is COCC1(c2ccc(C(C)(C)C)cc2)CCNCC1. The molecule has 0 saturated carbocycles. The van der Waals surface area contributed by atoms with Crippen LogP contribution in [-0.4, -0.2) is 26.8 Å². The van der Waals surface area contributed by atoms with E-state index in [1.165, 1.54) is 11.1 Å². The third-order valence-electron chi connectivity index (χ3n) is 4.34. The van der Waals surface area contributed by atoms with E-state index in [1.54, 1.807) is 0 Å². The molecule has 0 radical (unpaired) electrons. The maximum Gasteiger partial charge on any atom is 0.0560 e. The Morgan fingerprint density at radius 2 is 1.68 bits per heavy atom. The van der Waals surface area contributed by atoms with Gasteiger partial charge in [-0.2, -0.15) is 0 Å². The fourth-order valence-corrected chi connectivity index (χ4v) is 3.02. The van der Waals surface area contributed by atoms with Crippen LogP contribution in [0.2, 0.25) is 0 Å². The highest BCUT2D eigenvalue weighted by atomic mass is 16.5. The van der Waals surface area contributed by atoms with Crippen LogP contribution in [0.5, 0.6) is 0 Å². The number of hydrogen-bond acceptors (Lipinski definition) is 2. The molecule has 1 aliphatic heterocycles. The molecule has 0 atom stereocenters. The normalized spacial score (nSPS) is 19.4. The first-order valence-electron chi connectivity index (χ1n) is 7.29. The molecular formula is C17H27NO. The lowest BCUT2D eigenvalue weighted by Crippen LogP contribution is -2.42. The lowest BCUT2D eigenvalue weighted by Gasteiger charge is -2.38. The Balaban J connectivity index is 2.27. The van der Waals surface area contributed by atoms with Crippen LogP contribution in [0.4, 0.5) is 0 Å². The van der Waals surface area contributed by atoms with Crippen LogP contribution in [-0.2, 0) is 15.6 Å². The van der Waals surface area contributed by atoms with Gasteiger partial charge in [0.05, 0.1) is 6.61 Å². The molecule has 106 valence electrons. The topological polar surface area (TPSA) is 21.3 Å². The first-order chi connectivity index (χ1) is 8.98. The van der Waals surface area contributed by atoms with Crippen molar-refractivity contribution in [1.82, 2.24) is 5.32 Å². The van der Waals surface area contributed by atoms with Gasteiger partial charge in [-0.15, -0.1) is 0 Å². The standard InChI is InChI=1S/C17H27NO/c1-16(2,3)14-5-7-15(8-6-14)17(13-19-4)9-11-18-12-10-17/h5-8,18H,9-13H2,1-4H3. The van der Waals surface area contributed by atoms with Gasteiger partial charge in [-0.3, -0.25) is 0 Å². The summed E-state index contributed by atoms with van der Waals surface area (Å²) in [5.41, 5.74) is 3.26. The number of nitrogens with one attached hydrogen (secondary N) is 1. The average molecular weight is 261 g/mol. The smallest absolute Gasteiger partial charge is 0.0560 e. The van der Waals surface area contributed by atoms with Crippen molar-refractivity contribution in [2.24, 2.45) is 0 Å². The van der Waals surface area contributed by atoms with Crippen molar-refractivity contribution in [2.45, 2.75) is 44.4 Å². The quantitative estimate of drug-likeness (QED) is 0.902. The van der Waals surface area contributed by atoms with Crippen LogP contribution in [0.25, 0.3) is 0 Å². The molecule has 0 amide bonds. The monoisotopic (exact) mass is 261 g/mol. The number of ether oxygens (including phenoxy) is 1. The average Bonchev–Trinajstić information content (AvgIpc) is 2.39. The van der Waals surface area contributed by atoms with Crippen molar-refractivity contribution < 1.29 is 4.74 Å². The predicted molar refractivity (Wildman–Crippen MR) is 80.8 cm³/mol. The zero-order valence-electron chi connectivity index (χ0n) is 12.8. The molecule has 0 aromatic heterocycles. The van der Waals surface area contributed by atoms with E-state index in [4.69, 9.17) is 4.74 Å². The Labute approximate surface area is 117 Å². The molecule has 2 rings (SSSR count). The van der Waals surface area contributed by atoms with Crippen LogP contribution in [0, 0.1) is 0 Å². The molecule has 1 heterocycles. The molecule has 1 fully saturated rings. The molecule has 2 heteroatoms. The van der Waals surface area contributed by atoms with E-state index in [1.807, 2.05) is 7.11 Å². The largest absolute Gasteiger partial charge is 0.384 e. The van der Waals surface area contributed by atoms with Gasteiger partial charge in [0.25, 0.3) is 0 Å². The summed E-state index contributed by atoms with van der Waals surface area (Å²) in [6.07, 6.45) is 2.32. The maximum absolute atomic E-state index is 5.51. The summed E-state index contributed by atoms with van der Waals surface area (Å²) < 4.78 is 5.51. The van der Waals surface area contributed by atoms with E-state index < -0.39 is 0 Å². The highest BCUT2D eigenvalue weighted by Gasteiger charge is 2.34. The Hall–Kier alpha value is -0.860. The van der Waals surface area contributed by atoms with Crippen LogP contribution in [0.15, 0.2) is 24.3 Å². The van der Waals surface area contributed by atoms with Crippen molar-refractivity contribution in [1.29, 1.82) is 0 Å². The van der Waals surface area contributed by atoms with Gasteiger partial charge in [-0.05, 0) is 42.5 Å². The molecule has 1 aromatic carbocycles. The minimum absolute atomic E-state index is 0.205. The Kier molecular flexibility index (Phi) is 4.32. The second-order valence-electron chi connectivity index (χ2n) is 6.79. The van der Waals surface area contributed by atoms with Gasteiger partial charge in [0, 0.05) is 12.5 Å². The Morgan fingerprint density at radius 1 is 1.11 bits per heavy atom. The molecule has 0 spiro atoms. The highest BCUT2D eigenvalue weighted by molar-refractivity contribution is 5.33. The molecule has 1 aromatic rings. The number of benzene rings is 1. The Bertz CT molecular complexity index is 391. The van der Waals surface area contributed by atoms with E-state index in [9.17, 15) is 0 Å². The van der Waals surface area contributed by atoms with Crippen molar-refractivity contribution in [3.63, 3.8) is 0 Å². The van der Waals surface area contributed by atoms with Crippen LogP contribution in [0.1, 0.15) is 44.7 Å². The highest BCUT2D eigenvalue weighted by Crippen LogP contribution is 2.35. The van der Waals surface area contributed by atoms with Crippen molar-refractivity contribution >= 4 is 0 Å². The summed E-state index contributed by atoms with van der Waals surface area (Å²) in [4.78, 5) is 0. The summed E-state index contributed by atoms with van der Waals surface area (Å²) >= 11 is 0. The van der Waals surface area contributed by atoms with Crippen molar-refractivity contribution in [3.05, 3.63) is 35.4 Å². The van der Waals surface area contributed by atoms with Gasteiger partial charge >= 0.3 is 0 Å². The molecule has 2 nitrogen and oxygen atoms in total. The molecule has 1 aliphatic rings. The summed E-state index contributed by atoms with van der Waals surface area (Å²) in [5, 5.41) is 3.45. The second-order valence-corrected chi connectivity index (χ2v) is 6.79. The minimum Gasteiger partial charge on any atom is -0.384 e. The van der Waals surface area contributed by atoms with Gasteiger partial charge in [0.15, 0.2) is 0 Å². The van der Waals surface area contributed by atoms with Crippen molar-refractivity contribution in [3.8, 4) is 0 Å². The van der Waals surface area contributed by atoms with Crippen LogP contribution < -0.4 is 5.32 Å². The summed E-state index contributed by atoms with van der Waals surface area (Å²) in [5.74, 6) is 0. The third kappa shape index (κ3) is 3.18. The predicted octanol–water partition coefficient (Wildman–Crippen LogP) is 3.25. The molecule has 0 bridgehead atoms. The first kappa shape index (κ1) is 14.5. The summed E-state index contributed by atoms with van der Waals surface area (Å²) in [6.45, 7) is 9.78. The van der Waals surface area contributed by atoms with Gasteiger partial charge in [-0.25, -0.2) is 0 Å². The zero-order valence-corrected chi connectivity index (χ0v) is 12.8. The molecule has 0 aliphatic carbocycles. The molecule has 1 N–H and O–H groups in total. The van der Waals surface area contributed by atoms with Crippen molar-refractivity contribution in [2.75, 3.05) is 26.8 Å². The molecule has 19 heavy (non-hydrogen) atoms. The van der Waals surface area contributed by atoms with E-state index >= 15 is 0 Å². The molecular weight excluding hydrogens is 234 g/mol. The van der Waals surface area contributed by atoms with Gasteiger partial charge in [0.1, 0.15) is 0 Å². The number of methoxy groups -OCH3 is 1. The number of hydrogen-bond donors (Lipinski definition) is 1. The molecule has 0 unspecified atom stereocenters. The maximum atomic E-state index is 5.51. The van der Waals surface area contributed by atoms with Crippen LogP contribution >= 0.6 is 0 Å². The summed E-state index contributed by atoms with van der Waals surface area (Å²) in [7, 11) is 1.81. The minimum atomic E-state index is 0.205. The lowest BCUT2D eigenvalue weighted by atomic mass is 9.73.